The van der Waals surface area contributed by atoms with Crippen LogP contribution < -0.4 is 9.80 Å². The van der Waals surface area contributed by atoms with Gasteiger partial charge in [0.2, 0.25) is 5.91 Å². The first-order chi connectivity index (χ1) is 15.3. The molecule has 5 heteroatoms. The summed E-state index contributed by atoms with van der Waals surface area (Å²) in [7, 11) is 0. The molecule has 4 rings (SSSR count). The molecule has 4 nitrogen and oxygen atoms in total. The Morgan fingerprint density at radius 1 is 0.844 bits per heavy atom. The molecule has 1 fully saturated rings. The van der Waals surface area contributed by atoms with Gasteiger partial charge in [-0.1, -0.05) is 55.8 Å². The lowest BCUT2D eigenvalue weighted by Crippen LogP contribution is -2.56. The highest BCUT2D eigenvalue weighted by Crippen LogP contribution is 2.36. The minimum Gasteiger partial charge on any atom is -0.301 e. The van der Waals surface area contributed by atoms with Crippen LogP contribution in [0.5, 0.6) is 0 Å². The molecule has 0 unspecified atom stereocenters. The van der Waals surface area contributed by atoms with E-state index in [0.717, 1.165) is 22.4 Å². The molecule has 1 aliphatic rings. The molecule has 0 radical (unpaired) electrons. The quantitative estimate of drug-likeness (QED) is 0.478. The topological polar surface area (TPSA) is 40.6 Å². The molecule has 1 atom stereocenters. The van der Waals surface area contributed by atoms with Gasteiger partial charge in [0.1, 0.15) is 12.6 Å². The molecule has 3 aromatic carbocycles. The molecule has 1 saturated heterocycles. The summed E-state index contributed by atoms with van der Waals surface area (Å²) in [6, 6.07) is 20.1. The van der Waals surface area contributed by atoms with Crippen LogP contribution in [0.4, 0.5) is 11.4 Å². The highest BCUT2D eigenvalue weighted by Gasteiger charge is 2.41. The van der Waals surface area contributed by atoms with Gasteiger partial charge in [0.15, 0.2) is 0 Å². The zero-order chi connectivity index (χ0) is 23.0. The second-order valence-electron chi connectivity index (χ2n) is 8.66. The number of anilines is 2. The van der Waals surface area contributed by atoms with Crippen molar-refractivity contribution in [1.29, 1.82) is 0 Å². The van der Waals surface area contributed by atoms with Gasteiger partial charge in [-0.05, 0) is 78.4 Å². The smallest absolute Gasteiger partial charge is 0.255 e. The Morgan fingerprint density at radius 2 is 1.47 bits per heavy atom. The Balaban J connectivity index is 1.80. The molecule has 0 spiro atoms. The molecule has 164 valence electrons. The van der Waals surface area contributed by atoms with Crippen molar-refractivity contribution in [2.75, 3.05) is 16.3 Å². The zero-order valence-electron chi connectivity index (χ0n) is 18.8. The summed E-state index contributed by atoms with van der Waals surface area (Å²) < 4.78 is 0. The second-order valence-corrected chi connectivity index (χ2v) is 9.09. The Labute approximate surface area is 194 Å². The number of rotatable bonds is 4. The van der Waals surface area contributed by atoms with E-state index in [1.165, 1.54) is 5.56 Å². The standard InChI is InChI=1S/C27H27ClN2O2/c1-17(2)20-6-8-21(9-7-20)26-27(32)29(24-12-5-18(3)19(4)15-24)16-25(31)30(26)23-13-10-22(28)11-14-23/h5-15,17,26H,16H2,1-4H3/t26-/m1/s1. The minimum absolute atomic E-state index is 0.00939. The average molecular weight is 447 g/mol. The first kappa shape index (κ1) is 22.1. The van der Waals surface area contributed by atoms with E-state index in [-0.39, 0.29) is 18.4 Å². The number of nitrogens with zero attached hydrogens (tertiary/aromatic N) is 2. The molecule has 0 saturated carbocycles. The van der Waals surface area contributed by atoms with Crippen LogP contribution in [0.25, 0.3) is 0 Å². The van der Waals surface area contributed by atoms with Gasteiger partial charge in [0, 0.05) is 16.4 Å². The molecule has 32 heavy (non-hydrogen) atoms. The molecule has 0 aromatic heterocycles. The highest BCUT2D eigenvalue weighted by atomic mass is 35.5. The van der Waals surface area contributed by atoms with E-state index in [2.05, 4.69) is 13.8 Å². The Kier molecular flexibility index (Phi) is 6.07. The van der Waals surface area contributed by atoms with Crippen LogP contribution in [0.3, 0.4) is 0 Å². The summed E-state index contributed by atoms with van der Waals surface area (Å²) in [4.78, 5) is 30.5. The maximum absolute atomic E-state index is 13.8. The van der Waals surface area contributed by atoms with Crippen LogP contribution in [0.2, 0.25) is 5.02 Å². The van der Waals surface area contributed by atoms with Crippen LogP contribution in [0.15, 0.2) is 66.7 Å². The number of benzene rings is 3. The number of hydrogen-bond donors (Lipinski definition) is 0. The van der Waals surface area contributed by atoms with Gasteiger partial charge in [0.25, 0.3) is 5.91 Å². The number of carbonyl (C=O) groups is 2. The first-order valence-electron chi connectivity index (χ1n) is 10.8. The Morgan fingerprint density at radius 3 is 2.06 bits per heavy atom. The lowest BCUT2D eigenvalue weighted by Gasteiger charge is -2.40. The number of aryl methyl sites for hydroxylation is 2. The van der Waals surface area contributed by atoms with E-state index in [1.807, 2.05) is 56.3 Å². The van der Waals surface area contributed by atoms with Gasteiger partial charge >= 0.3 is 0 Å². The first-order valence-corrected chi connectivity index (χ1v) is 11.2. The summed E-state index contributed by atoms with van der Waals surface area (Å²) >= 11 is 6.07. The van der Waals surface area contributed by atoms with Gasteiger partial charge in [-0.25, -0.2) is 0 Å². The van der Waals surface area contributed by atoms with Crippen LogP contribution >= 0.6 is 11.6 Å². The van der Waals surface area contributed by atoms with Crippen LogP contribution in [0.1, 0.15) is 48.1 Å². The number of halogens is 1. The summed E-state index contributed by atoms with van der Waals surface area (Å²) in [6.07, 6.45) is 0. The van der Waals surface area contributed by atoms with Crippen molar-refractivity contribution in [3.05, 3.63) is 94.0 Å². The molecule has 2 amide bonds. The van der Waals surface area contributed by atoms with Crippen molar-refractivity contribution in [2.45, 2.75) is 39.7 Å². The van der Waals surface area contributed by atoms with Crippen molar-refractivity contribution < 1.29 is 9.59 Å². The van der Waals surface area contributed by atoms with Crippen molar-refractivity contribution in [3.8, 4) is 0 Å². The fourth-order valence-electron chi connectivity index (χ4n) is 4.05. The fourth-order valence-corrected chi connectivity index (χ4v) is 4.18. The summed E-state index contributed by atoms with van der Waals surface area (Å²) in [5.74, 6) is 0.121. The lowest BCUT2D eigenvalue weighted by molar-refractivity contribution is -0.128. The van der Waals surface area contributed by atoms with E-state index in [9.17, 15) is 9.59 Å². The Bertz CT molecular complexity index is 1150. The Hall–Kier alpha value is -3.11. The van der Waals surface area contributed by atoms with Gasteiger partial charge in [-0.2, -0.15) is 0 Å². The van der Waals surface area contributed by atoms with E-state index < -0.39 is 6.04 Å². The van der Waals surface area contributed by atoms with Crippen LogP contribution in [-0.4, -0.2) is 18.4 Å². The zero-order valence-corrected chi connectivity index (χ0v) is 19.6. The van der Waals surface area contributed by atoms with E-state index >= 15 is 0 Å². The van der Waals surface area contributed by atoms with E-state index in [1.54, 1.807) is 34.1 Å². The summed E-state index contributed by atoms with van der Waals surface area (Å²) in [5, 5.41) is 0.583. The van der Waals surface area contributed by atoms with Gasteiger partial charge in [-0.3, -0.25) is 14.5 Å². The second kappa shape index (κ2) is 8.79. The number of carbonyl (C=O) groups excluding carboxylic acids is 2. The summed E-state index contributed by atoms with van der Waals surface area (Å²) in [6.45, 7) is 8.29. The molecular weight excluding hydrogens is 420 g/mol. The number of piperazine rings is 1. The monoisotopic (exact) mass is 446 g/mol. The number of amides is 2. The molecule has 0 bridgehead atoms. The maximum atomic E-state index is 13.8. The largest absolute Gasteiger partial charge is 0.301 e. The molecule has 0 N–H and O–H groups in total. The van der Waals surface area contributed by atoms with Crippen molar-refractivity contribution in [1.82, 2.24) is 0 Å². The third-order valence-electron chi connectivity index (χ3n) is 6.15. The third kappa shape index (κ3) is 4.15. The van der Waals surface area contributed by atoms with Gasteiger partial charge in [0.05, 0.1) is 0 Å². The van der Waals surface area contributed by atoms with Gasteiger partial charge < -0.3 is 4.90 Å². The molecule has 1 aliphatic heterocycles. The van der Waals surface area contributed by atoms with Crippen LogP contribution in [-0.2, 0) is 9.59 Å². The van der Waals surface area contributed by atoms with E-state index in [0.29, 0.717) is 16.6 Å². The fraction of sp³-hybridized carbons (Fsp3) is 0.259. The lowest BCUT2D eigenvalue weighted by atomic mass is 9.95. The molecule has 3 aromatic rings. The third-order valence-corrected chi connectivity index (χ3v) is 6.40. The van der Waals surface area contributed by atoms with E-state index in [4.69, 9.17) is 11.6 Å². The molecule has 1 heterocycles. The van der Waals surface area contributed by atoms with Gasteiger partial charge in [-0.15, -0.1) is 0 Å². The highest BCUT2D eigenvalue weighted by molar-refractivity contribution is 6.30. The summed E-state index contributed by atoms with van der Waals surface area (Å²) in [5.41, 5.74) is 5.61. The molecular formula is C27H27ClN2O2. The minimum atomic E-state index is -0.750. The normalized spacial score (nSPS) is 16.8. The number of hydrogen-bond acceptors (Lipinski definition) is 2. The van der Waals surface area contributed by atoms with Crippen LogP contribution in [0, 0.1) is 13.8 Å². The predicted octanol–water partition coefficient (Wildman–Crippen LogP) is 6.20. The predicted molar refractivity (Wildman–Crippen MR) is 130 cm³/mol. The molecule has 0 aliphatic carbocycles. The van der Waals surface area contributed by atoms with Crippen molar-refractivity contribution in [2.24, 2.45) is 0 Å². The maximum Gasteiger partial charge on any atom is 0.255 e. The average Bonchev–Trinajstić information content (AvgIpc) is 2.77. The van der Waals surface area contributed by atoms with Crippen molar-refractivity contribution in [3.63, 3.8) is 0 Å². The SMILES string of the molecule is Cc1ccc(N2CC(=O)N(c3ccc(Cl)cc3)[C@H](c3ccc(C(C)C)cc3)C2=O)cc1C. The van der Waals surface area contributed by atoms with Crippen molar-refractivity contribution >= 4 is 34.8 Å².